The number of aryl methyl sites for hydroxylation is 1. The molecule has 1 unspecified atom stereocenters. The molecule has 0 radical (unpaired) electrons. The van der Waals surface area contributed by atoms with Gasteiger partial charge in [0.05, 0.1) is 22.7 Å². The van der Waals surface area contributed by atoms with Gasteiger partial charge in [0, 0.05) is 12.5 Å². The molecule has 1 amide bonds. The molecule has 1 N–H and O–H groups in total. The first kappa shape index (κ1) is 15.9. The molecule has 1 atom stereocenters. The van der Waals surface area contributed by atoms with Crippen molar-refractivity contribution in [3.8, 4) is 0 Å². The van der Waals surface area contributed by atoms with Gasteiger partial charge in [0.2, 0.25) is 5.91 Å². The quantitative estimate of drug-likeness (QED) is 0.861. The molecule has 0 aliphatic heterocycles. The van der Waals surface area contributed by atoms with Crippen molar-refractivity contribution in [3.63, 3.8) is 0 Å². The lowest BCUT2D eigenvalue weighted by atomic mass is 10.1. The van der Waals surface area contributed by atoms with Gasteiger partial charge in [-0.25, -0.2) is 0 Å². The first-order valence-corrected chi connectivity index (χ1v) is 7.56. The van der Waals surface area contributed by atoms with E-state index in [4.69, 9.17) is 27.6 Å². The summed E-state index contributed by atoms with van der Waals surface area (Å²) in [4.78, 5) is 12.0. The second-order valence-electron chi connectivity index (χ2n) is 5.01. The number of carbonyl (C=O) groups is 1. The fourth-order valence-corrected chi connectivity index (χ4v) is 2.37. The van der Waals surface area contributed by atoms with Gasteiger partial charge in [-0.3, -0.25) is 4.79 Å². The predicted octanol–water partition coefficient (Wildman–Crippen LogP) is 4.27. The zero-order valence-corrected chi connectivity index (χ0v) is 13.2. The highest BCUT2D eigenvalue weighted by Crippen LogP contribution is 2.22. The van der Waals surface area contributed by atoms with Crippen LogP contribution in [0.1, 0.15) is 24.7 Å². The summed E-state index contributed by atoms with van der Waals surface area (Å²) in [5.74, 6) is 0.904. The first-order chi connectivity index (χ1) is 10.0. The average molecular weight is 326 g/mol. The van der Waals surface area contributed by atoms with Gasteiger partial charge in [0.15, 0.2) is 0 Å². The first-order valence-electron chi connectivity index (χ1n) is 6.80. The van der Waals surface area contributed by atoms with Crippen LogP contribution in [0.5, 0.6) is 0 Å². The molecule has 0 bridgehead atoms. The summed E-state index contributed by atoms with van der Waals surface area (Å²) >= 11 is 11.8. The minimum atomic E-state index is -0.0275. The lowest BCUT2D eigenvalue weighted by molar-refractivity contribution is -0.121. The second-order valence-corrected chi connectivity index (χ2v) is 5.83. The smallest absolute Gasteiger partial charge is 0.224 e. The number of halogens is 2. The van der Waals surface area contributed by atoms with E-state index in [-0.39, 0.29) is 11.9 Å². The third-order valence-corrected chi connectivity index (χ3v) is 3.90. The zero-order valence-electron chi connectivity index (χ0n) is 11.7. The minimum Gasteiger partial charge on any atom is -0.469 e. The van der Waals surface area contributed by atoms with Crippen LogP contribution >= 0.6 is 23.2 Å². The second kappa shape index (κ2) is 7.53. The number of amides is 1. The van der Waals surface area contributed by atoms with Gasteiger partial charge < -0.3 is 9.73 Å². The zero-order chi connectivity index (χ0) is 15.2. The molecule has 2 aromatic rings. The number of hydrogen-bond donors (Lipinski definition) is 1. The summed E-state index contributed by atoms with van der Waals surface area (Å²) in [7, 11) is 0. The topological polar surface area (TPSA) is 42.2 Å². The Balaban J connectivity index is 1.79. The Kier molecular flexibility index (Phi) is 5.71. The van der Waals surface area contributed by atoms with Crippen molar-refractivity contribution in [2.24, 2.45) is 0 Å². The summed E-state index contributed by atoms with van der Waals surface area (Å²) in [6.07, 6.45) is 3.59. The maximum Gasteiger partial charge on any atom is 0.224 e. The van der Waals surface area contributed by atoms with E-state index < -0.39 is 0 Å². The van der Waals surface area contributed by atoms with E-state index in [1.807, 2.05) is 19.1 Å². The summed E-state index contributed by atoms with van der Waals surface area (Å²) < 4.78 is 5.27. The van der Waals surface area contributed by atoms with Crippen LogP contribution in [0.25, 0.3) is 0 Å². The molecule has 5 heteroatoms. The van der Waals surface area contributed by atoms with Gasteiger partial charge in [0.25, 0.3) is 0 Å². The highest BCUT2D eigenvalue weighted by atomic mass is 35.5. The number of carbonyl (C=O) groups excluding carboxylic acids is 1. The summed E-state index contributed by atoms with van der Waals surface area (Å²) in [6, 6.07) is 9.11. The molecule has 0 aliphatic rings. The van der Waals surface area contributed by atoms with Crippen molar-refractivity contribution in [2.45, 2.75) is 32.2 Å². The molecule has 2 rings (SSSR count). The maximum atomic E-state index is 12.0. The molecule has 1 heterocycles. The third kappa shape index (κ3) is 5.10. The molecule has 0 spiro atoms. The van der Waals surface area contributed by atoms with E-state index in [1.165, 1.54) is 0 Å². The van der Waals surface area contributed by atoms with E-state index in [9.17, 15) is 4.79 Å². The lowest BCUT2D eigenvalue weighted by Crippen LogP contribution is -2.34. The van der Waals surface area contributed by atoms with Crippen LogP contribution in [0.15, 0.2) is 41.0 Å². The van der Waals surface area contributed by atoms with Crippen LogP contribution < -0.4 is 5.32 Å². The summed E-state index contributed by atoms with van der Waals surface area (Å²) in [5, 5.41) is 3.93. The Morgan fingerprint density at radius 1 is 1.29 bits per heavy atom. The third-order valence-electron chi connectivity index (χ3n) is 3.16. The van der Waals surface area contributed by atoms with Gasteiger partial charge >= 0.3 is 0 Å². The van der Waals surface area contributed by atoms with Crippen molar-refractivity contribution in [1.82, 2.24) is 5.32 Å². The number of furan rings is 1. The number of benzene rings is 1. The van der Waals surface area contributed by atoms with Crippen LogP contribution in [-0.2, 0) is 17.6 Å². The molecule has 1 aromatic heterocycles. The Hall–Kier alpha value is -1.45. The summed E-state index contributed by atoms with van der Waals surface area (Å²) in [5.41, 5.74) is 0.847. The largest absolute Gasteiger partial charge is 0.469 e. The molecule has 0 fully saturated rings. The Morgan fingerprint density at radius 2 is 2.10 bits per heavy atom. The van der Waals surface area contributed by atoms with Crippen LogP contribution in [0.4, 0.5) is 0 Å². The van der Waals surface area contributed by atoms with Crippen LogP contribution in [0.3, 0.4) is 0 Å². The monoisotopic (exact) mass is 325 g/mol. The van der Waals surface area contributed by atoms with Gasteiger partial charge in [0.1, 0.15) is 5.76 Å². The van der Waals surface area contributed by atoms with Crippen molar-refractivity contribution < 1.29 is 9.21 Å². The van der Waals surface area contributed by atoms with Gasteiger partial charge in [-0.2, -0.15) is 0 Å². The van der Waals surface area contributed by atoms with Crippen LogP contribution in [0.2, 0.25) is 10.0 Å². The summed E-state index contributed by atoms with van der Waals surface area (Å²) in [6.45, 7) is 1.98. The molecule has 0 aliphatic carbocycles. The van der Waals surface area contributed by atoms with E-state index in [0.717, 1.165) is 24.2 Å². The molecule has 1 aromatic carbocycles. The highest BCUT2D eigenvalue weighted by Gasteiger charge is 2.10. The van der Waals surface area contributed by atoms with Gasteiger partial charge in [-0.05, 0) is 43.2 Å². The minimum absolute atomic E-state index is 0.0275. The average Bonchev–Trinajstić information content (AvgIpc) is 2.94. The fraction of sp³-hybridized carbons (Fsp3) is 0.312. The van der Waals surface area contributed by atoms with Crippen molar-refractivity contribution >= 4 is 29.1 Å². The highest BCUT2D eigenvalue weighted by molar-refractivity contribution is 6.42. The number of hydrogen-bond acceptors (Lipinski definition) is 2. The van der Waals surface area contributed by atoms with E-state index in [0.29, 0.717) is 16.5 Å². The van der Waals surface area contributed by atoms with Crippen LogP contribution in [-0.4, -0.2) is 11.9 Å². The molecule has 112 valence electrons. The predicted molar refractivity (Wildman–Crippen MR) is 84.8 cm³/mol. The van der Waals surface area contributed by atoms with Crippen molar-refractivity contribution in [1.29, 1.82) is 0 Å². The Bertz CT molecular complexity index is 596. The van der Waals surface area contributed by atoms with Crippen molar-refractivity contribution in [3.05, 3.63) is 58.0 Å². The number of rotatable bonds is 6. The molecule has 0 saturated heterocycles. The lowest BCUT2D eigenvalue weighted by Gasteiger charge is -2.13. The van der Waals surface area contributed by atoms with Crippen molar-refractivity contribution in [2.75, 3.05) is 0 Å². The molecule has 0 saturated carbocycles. The SMILES string of the molecule is CC(CCc1ccco1)NC(=O)Cc1ccc(Cl)c(Cl)c1. The maximum absolute atomic E-state index is 12.0. The van der Waals surface area contributed by atoms with E-state index in [2.05, 4.69) is 5.32 Å². The normalized spacial score (nSPS) is 12.1. The fourth-order valence-electron chi connectivity index (χ4n) is 2.05. The molecule has 3 nitrogen and oxygen atoms in total. The van der Waals surface area contributed by atoms with Gasteiger partial charge in [-0.1, -0.05) is 29.3 Å². The Morgan fingerprint density at radius 3 is 2.76 bits per heavy atom. The molecule has 21 heavy (non-hydrogen) atoms. The van der Waals surface area contributed by atoms with E-state index in [1.54, 1.807) is 24.5 Å². The van der Waals surface area contributed by atoms with Gasteiger partial charge in [-0.15, -0.1) is 0 Å². The van der Waals surface area contributed by atoms with E-state index >= 15 is 0 Å². The molecular weight excluding hydrogens is 309 g/mol. The Labute approximate surface area is 134 Å². The standard InChI is InChI=1S/C16H17Cl2NO2/c1-11(4-6-13-3-2-8-21-13)19-16(20)10-12-5-7-14(17)15(18)9-12/h2-3,5,7-9,11H,4,6,10H2,1H3,(H,19,20). The van der Waals surface area contributed by atoms with Crippen LogP contribution in [0, 0.1) is 0 Å². The molecular formula is C16H17Cl2NO2. The number of nitrogens with one attached hydrogen (secondary N) is 1.